The largest absolute Gasteiger partial charge is 0.457 e. The van der Waals surface area contributed by atoms with E-state index in [1.165, 1.54) is 10.6 Å². The molecule has 25 heavy (non-hydrogen) atoms. The first-order valence-electron chi connectivity index (χ1n) is 8.21. The minimum absolute atomic E-state index is 0.429. The van der Waals surface area contributed by atoms with Gasteiger partial charge in [0.25, 0.3) is 0 Å². The molecule has 1 heterocycles. The van der Waals surface area contributed by atoms with Crippen LogP contribution in [0.1, 0.15) is 47.1 Å². The summed E-state index contributed by atoms with van der Waals surface area (Å²) in [6.45, 7) is 10.9. The maximum absolute atomic E-state index is 12.4. The molecule has 134 valence electrons. The molecule has 1 aromatic carbocycles. The van der Waals surface area contributed by atoms with E-state index in [1.54, 1.807) is 12.3 Å². The van der Waals surface area contributed by atoms with Crippen LogP contribution in [-0.4, -0.2) is 27.8 Å². The molecule has 2 rings (SSSR count). The maximum atomic E-state index is 12.4. The molecule has 0 aliphatic rings. The van der Waals surface area contributed by atoms with Gasteiger partial charge in [-0.3, -0.25) is 4.57 Å². The smallest absolute Gasteiger partial charge is 0.419 e. The van der Waals surface area contributed by atoms with Crippen LogP contribution >= 0.6 is 0 Å². The lowest BCUT2D eigenvalue weighted by atomic mass is 10.1. The summed E-state index contributed by atoms with van der Waals surface area (Å²) in [6, 6.07) is 7.46. The molecule has 1 aromatic heterocycles. The molecule has 0 spiro atoms. The number of hydrogen-bond acceptors (Lipinski definition) is 4. The van der Waals surface area contributed by atoms with Crippen LogP contribution in [0.3, 0.4) is 0 Å². The topological polar surface area (TPSA) is 57.5 Å². The Hall–Kier alpha value is -2.56. The highest BCUT2D eigenvalue weighted by Crippen LogP contribution is 2.24. The van der Waals surface area contributed by atoms with Crippen LogP contribution < -0.4 is 0 Å². The van der Waals surface area contributed by atoms with Gasteiger partial charge in [0.05, 0.1) is 5.52 Å². The Morgan fingerprint density at radius 1 is 0.960 bits per heavy atom. The van der Waals surface area contributed by atoms with Crippen molar-refractivity contribution >= 4 is 29.0 Å². The number of ether oxygens (including phenoxy) is 2. The zero-order chi connectivity index (χ0) is 18.8. The second-order valence-electron chi connectivity index (χ2n) is 7.82. The Balaban J connectivity index is 2.36. The van der Waals surface area contributed by atoms with Gasteiger partial charge in [0.15, 0.2) is 0 Å². The maximum Gasteiger partial charge on any atom is 0.419 e. The Bertz CT molecular complexity index is 816. The summed E-state index contributed by atoms with van der Waals surface area (Å²) in [6.07, 6.45) is 4.23. The highest BCUT2D eigenvalue weighted by Gasteiger charge is 2.20. The lowest BCUT2D eigenvalue weighted by molar-refractivity contribution is -0.148. The molecule has 0 saturated heterocycles. The molecule has 0 aliphatic carbocycles. The Labute approximate surface area is 148 Å². The van der Waals surface area contributed by atoms with Gasteiger partial charge in [-0.25, -0.2) is 9.59 Å². The number of hydrogen-bond donors (Lipinski definition) is 0. The van der Waals surface area contributed by atoms with Crippen molar-refractivity contribution in [3.63, 3.8) is 0 Å². The molecule has 5 nitrogen and oxygen atoms in total. The average Bonchev–Trinajstić information content (AvgIpc) is 2.80. The molecule has 0 unspecified atom stereocenters. The zero-order valence-corrected chi connectivity index (χ0v) is 15.6. The van der Waals surface area contributed by atoms with Gasteiger partial charge < -0.3 is 9.47 Å². The van der Waals surface area contributed by atoms with Crippen LogP contribution in [0.4, 0.5) is 4.79 Å². The molecule has 0 atom stereocenters. The molecule has 0 saturated carbocycles. The highest BCUT2D eigenvalue weighted by atomic mass is 16.6. The minimum atomic E-state index is -0.588. The van der Waals surface area contributed by atoms with E-state index in [2.05, 4.69) is 0 Å². The van der Waals surface area contributed by atoms with Gasteiger partial charge in [0.1, 0.15) is 11.2 Å². The van der Waals surface area contributed by atoms with E-state index in [0.29, 0.717) is 0 Å². The van der Waals surface area contributed by atoms with Gasteiger partial charge in [-0.15, -0.1) is 0 Å². The van der Waals surface area contributed by atoms with E-state index in [4.69, 9.17) is 9.47 Å². The molecule has 5 heteroatoms. The molecule has 0 amide bonds. The van der Waals surface area contributed by atoms with E-state index in [9.17, 15) is 9.59 Å². The normalized spacial score (nSPS) is 12.6. The van der Waals surface area contributed by atoms with Crippen molar-refractivity contribution in [1.82, 2.24) is 4.57 Å². The second kappa shape index (κ2) is 6.75. The average molecular weight is 343 g/mol. The number of carbonyl (C=O) groups is 2. The van der Waals surface area contributed by atoms with Gasteiger partial charge in [-0.2, -0.15) is 0 Å². The zero-order valence-electron chi connectivity index (χ0n) is 15.6. The molecule has 0 bridgehead atoms. The number of rotatable bonds is 2. The van der Waals surface area contributed by atoms with Crippen LogP contribution in [-0.2, 0) is 14.3 Å². The van der Waals surface area contributed by atoms with Gasteiger partial charge in [0, 0.05) is 23.2 Å². The van der Waals surface area contributed by atoms with Gasteiger partial charge in [-0.05, 0) is 53.7 Å². The van der Waals surface area contributed by atoms with Crippen LogP contribution in [0.15, 0.2) is 36.5 Å². The second-order valence-corrected chi connectivity index (χ2v) is 7.82. The lowest BCUT2D eigenvalue weighted by Crippen LogP contribution is -2.26. The molecule has 0 radical (unpaired) electrons. The number of fused-ring (bicyclic) bond motifs is 1. The van der Waals surface area contributed by atoms with Crippen LogP contribution in [0.25, 0.3) is 17.0 Å². The summed E-state index contributed by atoms with van der Waals surface area (Å²) in [4.78, 5) is 24.3. The monoisotopic (exact) mass is 343 g/mol. The number of carbonyl (C=O) groups excluding carboxylic acids is 2. The number of para-hydroxylation sites is 1. The van der Waals surface area contributed by atoms with Crippen molar-refractivity contribution in [2.24, 2.45) is 0 Å². The fourth-order valence-electron chi connectivity index (χ4n) is 2.29. The number of nitrogens with zero attached hydrogens (tertiary/aromatic N) is 1. The molecule has 0 N–H and O–H groups in total. The molecular formula is C20H25NO4. The predicted molar refractivity (Wildman–Crippen MR) is 98.4 cm³/mol. The molecular weight excluding hydrogens is 318 g/mol. The third-order valence-corrected chi connectivity index (χ3v) is 3.14. The lowest BCUT2D eigenvalue weighted by Gasteiger charge is -2.19. The molecule has 0 fully saturated rings. The standard InChI is InChI=1S/C20H25NO4/c1-19(2,3)24-17(22)12-11-14-13-21(18(23)25-20(4,5)6)16-10-8-7-9-15(14)16/h7-13H,1-6H3/b12-11+. The number of benzene rings is 1. The van der Waals surface area contributed by atoms with E-state index in [1.807, 2.05) is 65.8 Å². The third-order valence-electron chi connectivity index (χ3n) is 3.14. The van der Waals surface area contributed by atoms with Crippen LogP contribution in [0, 0.1) is 0 Å². The van der Waals surface area contributed by atoms with Crippen LogP contribution in [0.5, 0.6) is 0 Å². The summed E-state index contributed by atoms with van der Waals surface area (Å²) >= 11 is 0. The summed E-state index contributed by atoms with van der Waals surface area (Å²) in [5, 5.41) is 0.855. The highest BCUT2D eigenvalue weighted by molar-refractivity contribution is 5.98. The predicted octanol–water partition coefficient (Wildman–Crippen LogP) is 4.78. The van der Waals surface area contributed by atoms with Gasteiger partial charge >= 0.3 is 12.1 Å². The number of aromatic nitrogens is 1. The summed E-state index contributed by atoms with van der Waals surface area (Å²) in [7, 11) is 0. The van der Waals surface area contributed by atoms with Crippen molar-refractivity contribution < 1.29 is 19.1 Å². The van der Waals surface area contributed by atoms with E-state index >= 15 is 0 Å². The quantitative estimate of drug-likeness (QED) is 0.582. The SMILES string of the molecule is CC(C)(C)OC(=O)/C=C/c1cn(C(=O)OC(C)(C)C)c2ccccc12. The summed E-state index contributed by atoms with van der Waals surface area (Å²) in [5.74, 6) is -0.429. The first-order chi connectivity index (χ1) is 11.5. The fraction of sp³-hybridized carbons (Fsp3) is 0.400. The first-order valence-corrected chi connectivity index (χ1v) is 8.21. The van der Waals surface area contributed by atoms with Crippen molar-refractivity contribution in [3.8, 4) is 0 Å². The molecule has 0 aliphatic heterocycles. The van der Waals surface area contributed by atoms with Crippen molar-refractivity contribution in [3.05, 3.63) is 42.1 Å². The third kappa shape index (κ3) is 5.21. The molecule has 2 aromatic rings. The van der Waals surface area contributed by atoms with E-state index in [-0.39, 0.29) is 0 Å². The van der Waals surface area contributed by atoms with E-state index < -0.39 is 23.3 Å². The van der Waals surface area contributed by atoms with Crippen LogP contribution in [0.2, 0.25) is 0 Å². The van der Waals surface area contributed by atoms with Gasteiger partial charge in [0.2, 0.25) is 0 Å². The Morgan fingerprint density at radius 2 is 1.56 bits per heavy atom. The first kappa shape index (κ1) is 18.8. The summed E-state index contributed by atoms with van der Waals surface area (Å²) in [5.41, 5.74) is 0.328. The number of esters is 1. The summed E-state index contributed by atoms with van der Waals surface area (Å²) < 4.78 is 12.2. The fourth-order valence-corrected chi connectivity index (χ4v) is 2.29. The Kier molecular flexibility index (Phi) is 5.07. The van der Waals surface area contributed by atoms with Gasteiger partial charge in [-0.1, -0.05) is 18.2 Å². The van der Waals surface area contributed by atoms with Crippen molar-refractivity contribution in [1.29, 1.82) is 0 Å². The van der Waals surface area contributed by atoms with Crippen molar-refractivity contribution in [2.75, 3.05) is 0 Å². The Morgan fingerprint density at radius 3 is 2.16 bits per heavy atom. The van der Waals surface area contributed by atoms with E-state index in [0.717, 1.165) is 16.5 Å². The van der Waals surface area contributed by atoms with Crippen molar-refractivity contribution in [2.45, 2.75) is 52.7 Å². The minimum Gasteiger partial charge on any atom is -0.457 e.